The Bertz CT molecular complexity index is 496. The van der Waals surface area contributed by atoms with E-state index in [4.69, 9.17) is 0 Å². The van der Waals surface area contributed by atoms with Crippen molar-refractivity contribution in [1.82, 2.24) is 20.0 Å². The zero-order chi connectivity index (χ0) is 16.7. The van der Waals surface area contributed by atoms with E-state index in [0.717, 1.165) is 39.3 Å². The molecule has 1 saturated heterocycles. The van der Waals surface area contributed by atoms with Crippen LogP contribution in [0.4, 0.5) is 4.79 Å². The summed E-state index contributed by atoms with van der Waals surface area (Å²) in [6, 6.07) is 8.24. The topological polar surface area (TPSA) is 38.8 Å². The van der Waals surface area contributed by atoms with Gasteiger partial charge in [0.2, 0.25) is 0 Å². The highest BCUT2D eigenvalue weighted by molar-refractivity contribution is 5.74. The number of rotatable bonds is 6. The summed E-state index contributed by atoms with van der Waals surface area (Å²) in [6.45, 7) is 8.52. The quantitative estimate of drug-likeness (QED) is 0.869. The number of piperazine rings is 1. The highest BCUT2D eigenvalue weighted by Crippen LogP contribution is 2.07. The van der Waals surface area contributed by atoms with E-state index in [1.54, 1.807) is 0 Å². The van der Waals surface area contributed by atoms with Crippen molar-refractivity contribution < 1.29 is 4.79 Å². The van der Waals surface area contributed by atoms with Crippen molar-refractivity contribution in [2.75, 3.05) is 53.4 Å². The van der Waals surface area contributed by atoms with Crippen LogP contribution in [0.5, 0.6) is 0 Å². The first-order valence-electron chi connectivity index (χ1n) is 8.50. The highest BCUT2D eigenvalue weighted by Gasteiger charge is 2.20. The number of hydrogen-bond donors (Lipinski definition) is 1. The third-order valence-corrected chi connectivity index (χ3v) is 4.43. The van der Waals surface area contributed by atoms with Crippen molar-refractivity contribution in [1.29, 1.82) is 0 Å². The number of aryl methyl sites for hydroxylation is 1. The molecule has 1 aliphatic rings. The van der Waals surface area contributed by atoms with Crippen LogP contribution < -0.4 is 5.32 Å². The standard InChI is InChI=1S/C18H30N4O/c1-16-7-4-5-8-17(16)15-19-18(23)22-13-11-21(12-14-22)10-6-9-20(2)3/h4-5,7-8H,6,9-15H2,1-3H3,(H,19,23). The van der Waals surface area contributed by atoms with E-state index in [9.17, 15) is 4.79 Å². The number of amides is 2. The Kier molecular flexibility index (Phi) is 6.86. The Morgan fingerprint density at radius 1 is 1.17 bits per heavy atom. The fourth-order valence-electron chi connectivity index (χ4n) is 2.88. The molecule has 1 N–H and O–H groups in total. The van der Waals surface area contributed by atoms with Gasteiger partial charge in [0, 0.05) is 32.7 Å². The zero-order valence-electron chi connectivity index (χ0n) is 14.7. The maximum absolute atomic E-state index is 12.3. The van der Waals surface area contributed by atoms with E-state index in [0.29, 0.717) is 6.54 Å². The number of urea groups is 1. The van der Waals surface area contributed by atoms with E-state index in [1.165, 1.54) is 17.5 Å². The number of hydrogen-bond acceptors (Lipinski definition) is 3. The summed E-state index contributed by atoms with van der Waals surface area (Å²) in [5.74, 6) is 0. The van der Waals surface area contributed by atoms with Crippen molar-refractivity contribution in [3.05, 3.63) is 35.4 Å². The first-order valence-corrected chi connectivity index (χ1v) is 8.50. The summed E-state index contributed by atoms with van der Waals surface area (Å²) in [7, 11) is 4.22. The Hall–Kier alpha value is -1.59. The molecular weight excluding hydrogens is 288 g/mol. The van der Waals surface area contributed by atoms with E-state index >= 15 is 0 Å². The maximum atomic E-state index is 12.3. The van der Waals surface area contributed by atoms with Crippen LogP contribution >= 0.6 is 0 Å². The number of carbonyl (C=O) groups is 1. The second kappa shape index (κ2) is 8.89. The van der Waals surface area contributed by atoms with Gasteiger partial charge in [0.05, 0.1) is 0 Å². The predicted molar refractivity (Wildman–Crippen MR) is 94.6 cm³/mol. The molecular formula is C18H30N4O. The van der Waals surface area contributed by atoms with Gasteiger partial charge in [0.1, 0.15) is 0 Å². The molecule has 23 heavy (non-hydrogen) atoms. The molecule has 2 amide bonds. The highest BCUT2D eigenvalue weighted by atomic mass is 16.2. The minimum absolute atomic E-state index is 0.0567. The summed E-state index contributed by atoms with van der Waals surface area (Å²) in [5, 5.41) is 3.04. The third-order valence-electron chi connectivity index (χ3n) is 4.43. The molecule has 1 aliphatic heterocycles. The first-order chi connectivity index (χ1) is 11.1. The second-order valence-electron chi connectivity index (χ2n) is 6.57. The molecule has 0 bridgehead atoms. The second-order valence-corrected chi connectivity index (χ2v) is 6.57. The molecule has 1 aromatic carbocycles. The molecule has 0 atom stereocenters. The minimum Gasteiger partial charge on any atom is -0.334 e. The van der Waals surface area contributed by atoms with E-state index in [2.05, 4.69) is 48.3 Å². The molecule has 0 radical (unpaired) electrons. The monoisotopic (exact) mass is 318 g/mol. The van der Waals surface area contributed by atoms with Crippen LogP contribution in [0.2, 0.25) is 0 Å². The maximum Gasteiger partial charge on any atom is 0.317 e. The summed E-state index contributed by atoms with van der Waals surface area (Å²) in [4.78, 5) is 18.9. The fourth-order valence-corrected chi connectivity index (χ4v) is 2.88. The lowest BCUT2D eigenvalue weighted by Crippen LogP contribution is -2.51. The van der Waals surface area contributed by atoms with Gasteiger partial charge < -0.3 is 15.1 Å². The number of carbonyl (C=O) groups excluding carboxylic acids is 1. The van der Waals surface area contributed by atoms with Gasteiger partial charge in [-0.25, -0.2) is 4.79 Å². The van der Waals surface area contributed by atoms with Crippen molar-refractivity contribution >= 4 is 6.03 Å². The molecule has 0 aromatic heterocycles. The average molecular weight is 318 g/mol. The molecule has 128 valence electrons. The normalized spacial score (nSPS) is 15.9. The number of benzene rings is 1. The van der Waals surface area contributed by atoms with E-state index in [-0.39, 0.29) is 6.03 Å². The van der Waals surface area contributed by atoms with Crippen LogP contribution in [0.15, 0.2) is 24.3 Å². The molecule has 0 unspecified atom stereocenters. The lowest BCUT2D eigenvalue weighted by atomic mass is 10.1. The van der Waals surface area contributed by atoms with Crippen LogP contribution in [-0.4, -0.2) is 74.1 Å². The van der Waals surface area contributed by atoms with Gasteiger partial charge in [-0.2, -0.15) is 0 Å². The van der Waals surface area contributed by atoms with Crippen LogP contribution in [0.3, 0.4) is 0 Å². The van der Waals surface area contributed by atoms with Gasteiger partial charge >= 0.3 is 6.03 Å². The fraction of sp³-hybridized carbons (Fsp3) is 0.611. The van der Waals surface area contributed by atoms with Gasteiger partial charge in [-0.3, -0.25) is 4.90 Å². The van der Waals surface area contributed by atoms with Gasteiger partial charge in [-0.05, 0) is 51.7 Å². The van der Waals surface area contributed by atoms with Crippen LogP contribution in [-0.2, 0) is 6.54 Å². The minimum atomic E-state index is 0.0567. The smallest absolute Gasteiger partial charge is 0.317 e. The average Bonchev–Trinajstić information content (AvgIpc) is 2.54. The molecule has 5 heteroatoms. The van der Waals surface area contributed by atoms with E-state index in [1.807, 2.05) is 17.0 Å². The lowest BCUT2D eigenvalue weighted by molar-refractivity contribution is 0.136. The number of nitrogens with one attached hydrogen (secondary N) is 1. The molecule has 1 aromatic rings. The first kappa shape index (κ1) is 17.8. The van der Waals surface area contributed by atoms with Crippen molar-refractivity contribution in [3.8, 4) is 0 Å². The predicted octanol–water partition coefficient (Wildman–Crippen LogP) is 1.77. The molecule has 5 nitrogen and oxygen atoms in total. The van der Waals surface area contributed by atoms with Gasteiger partial charge in [0.15, 0.2) is 0 Å². The Balaban J connectivity index is 1.68. The molecule has 2 rings (SSSR count). The van der Waals surface area contributed by atoms with Gasteiger partial charge in [-0.1, -0.05) is 24.3 Å². The summed E-state index contributed by atoms with van der Waals surface area (Å²) < 4.78 is 0. The van der Waals surface area contributed by atoms with Crippen molar-refractivity contribution in [3.63, 3.8) is 0 Å². The third kappa shape index (κ3) is 5.84. The molecule has 0 saturated carbocycles. The van der Waals surface area contributed by atoms with Crippen LogP contribution in [0.25, 0.3) is 0 Å². The molecule has 0 aliphatic carbocycles. The lowest BCUT2D eigenvalue weighted by Gasteiger charge is -2.34. The Labute approximate surface area is 140 Å². The van der Waals surface area contributed by atoms with E-state index < -0.39 is 0 Å². The largest absolute Gasteiger partial charge is 0.334 e. The van der Waals surface area contributed by atoms with Crippen molar-refractivity contribution in [2.24, 2.45) is 0 Å². The van der Waals surface area contributed by atoms with Crippen LogP contribution in [0, 0.1) is 6.92 Å². The van der Waals surface area contributed by atoms with Crippen LogP contribution in [0.1, 0.15) is 17.5 Å². The summed E-state index contributed by atoms with van der Waals surface area (Å²) in [5.41, 5.74) is 2.40. The zero-order valence-corrected chi connectivity index (χ0v) is 14.7. The SMILES string of the molecule is Cc1ccccc1CNC(=O)N1CCN(CCCN(C)C)CC1. The van der Waals surface area contributed by atoms with Crippen molar-refractivity contribution in [2.45, 2.75) is 19.9 Å². The summed E-state index contributed by atoms with van der Waals surface area (Å²) in [6.07, 6.45) is 1.19. The molecule has 1 fully saturated rings. The number of nitrogens with zero attached hydrogens (tertiary/aromatic N) is 3. The Morgan fingerprint density at radius 2 is 1.87 bits per heavy atom. The Morgan fingerprint density at radius 3 is 2.52 bits per heavy atom. The summed E-state index contributed by atoms with van der Waals surface area (Å²) >= 11 is 0. The van der Waals surface area contributed by atoms with Gasteiger partial charge in [-0.15, -0.1) is 0 Å². The van der Waals surface area contributed by atoms with Gasteiger partial charge in [0.25, 0.3) is 0 Å². The molecule has 1 heterocycles. The molecule has 0 spiro atoms.